The number of aliphatic hydroxyl groups excluding tert-OH is 1. The van der Waals surface area contributed by atoms with E-state index in [1.165, 1.54) is 295 Å². The van der Waals surface area contributed by atoms with Gasteiger partial charge in [0.05, 0.1) is 26.4 Å². The first-order valence-electron chi connectivity index (χ1n) is 44.3. The van der Waals surface area contributed by atoms with E-state index in [4.69, 9.17) is 37.0 Å². The molecule has 0 bridgehead atoms. The summed E-state index contributed by atoms with van der Waals surface area (Å²) in [6.07, 6.45) is 73.4. The normalized spacial score (nSPS) is 13.7. The maximum Gasteiger partial charge on any atom is 0.472 e. The molecule has 0 amide bonds. The van der Waals surface area contributed by atoms with Crippen LogP contribution in [-0.4, -0.2) is 96.7 Å². The number of aliphatic hydroxyl groups is 1. The lowest BCUT2D eigenvalue weighted by Gasteiger charge is -2.21. The van der Waals surface area contributed by atoms with Crippen molar-refractivity contribution >= 4 is 39.5 Å². The molecule has 0 radical (unpaired) electrons. The number of carbonyl (C=O) groups is 4. The Balaban J connectivity index is 5.25. The molecule has 0 saturated carbocycles. The monoisotopic (exact) mass is 1520 g/mol. The molecule has 0 aromatic carbocycles. The second kappa shape index (κ2) is 79.2. The van der Waals surface area contributed by atoms with E-state index in [9.17, 15) is 43.2 Å². The summed E-state index contributed by atoms with van der Waals surface area (Å²) in [5.74, 6) is -2.10. The van der Waals surface area contributed by atoms with E-state index >= 15 is 0 Å². The summed E-state index contributed by atoms with van der Waals surface area (Å²) in [6.45, 7) is 5.06. The van der Waals surface area contributed by atoms with E-state index in [1.54, 1.807) is 0 Å². The predicted octanol–water partition coefficient (Wildman–Crippen LogP) is 26.1. The first-order chi connectivity index (χ1) is 50.7. The largest absolute Gasteiger partial charge is 0.472 e. The van der Waals surface area contributed by atoms with Gasteiger partial charge in [-0.25, -0.2) is 9.13 Å². The average Bonchev–Trinajstić information content (AvgIpc) is 1.11. The minimum Gasteiger partial charge on any atom is -0.462 e. The minimum absolute atomic E-state index is 0.109. The average molecular weight is 1520 g/mol. The van der Waals surface area contributed by atoms with Crippen LogP contribution in [0.15, 0.2) is 0 Å². The van der Waals surface area contributed by atoms with Crippen LogP contribution in [-0.2, 0) is 65.4 Å². The SMILES string of the molecule is CCCCCCCCCCCCCCCCCCCCCC(=O)O[C@H](COC(=O)CCCCCCCCCCCCCCCCCCC)COP(=O)(O)OC[C@@H](O)COP(=O)(O)OC[C@@H](COC(=O)CCCCCCCCCCCCCC)OC(=O)CCCCCCCCCCCCCCCCCC. The summed E-state index contributed by atoms with van der Waals surface area (Å²) in [4.78, 5) is 73.2. The highest BCUT2D eigenvalue weighted by atomic mass is 31.2. The molecule has 104 heavy (non-hydrogen) atoms. The molecule has 0 aromatic rings. The van der Waals surface area contributed by atoms with E-state index in [1.807, 2.05) is 0 Å². The number of rotatable bonds is 86. The molecule has 0 spiro atoms. The molecule has 19 heteroatoms. The predicted molar refractivity (Wildman–Crippen MR) is 428 cm³/mol. The van der Waals surface area contributed by atoms with Crippen molar-refractivity contribution < 1.29 is 80.2 Å². The summed E-state index contributed by atoms with van der Waals surface area (Å²) in [7, 11) is -9.92. The van der Waals surface area contributed by atoms with Crippen LogP contribution in [0.1, 0.15) is 464 Å². The number of carbonyl (C=O) groups excluding carboxylic acids is 4. The van der Waals surface area contributed by atoms with Crippen molar-refractivity contribution in [2.24, 2.45) is 0 Å². The van der Waals surface area contributed by atoms with Gasteiger partial charge >= 0.3 is 39.5 Å². The van der Waals surface area contributed by atoms with Crippen LogP contribution in [0.2, 0.25) is 0 Å². The number of ether oxygens (including phenoxy) is 4. The second-order valence-corrected chi connectivity index (χ2v) is 33.5. The Morgan fingerprint density at radius 3 is 0.567 bits per heavy atom. The van der Waals surface area contributed by atoms with Crippen molar-refractivity contribution in [3.63, 3.8) is 0 Å². The number of phosphoric acid groups is 2. The van der Waals surface area contributed by atoms with Gasteiger partial charge in [-0.15, -0.1) is 0 Å². The van der Waals surface area contributed by atoms with Gasteiger partial charge in [0, 0.05) is 25.7 Å². The van der Waals surface area contributed by atoms with E-state index in [-0.39, 0.29) is 25.7 Å². The third kappa shape index (κ3) is 78.2. The molecule has 0 heterocycles. The quantitative estimate of drug-likeness (QED) is 0.0222. The lowest BCUT2D eigenvalue weighted by atomic mass is 10.0. The molecule has 3 N–H and O–H groups in total. The molecule has 17 nitrogen and oxygen atoms in total. The van der Waals surface area contributed by atoms with Crippen molar-refractivity contribution in [2.75, 3.05) is 39.6 Å². The Bertz CT molecular complexity index is 1960. The molecule has 0 fully saturated rings. The molecule has 0 aliphatic rings. The Morgan fingerprint density at radius 2 is 0.385 bits per heavy atom. The van der Waals surface area contributed by atoms with Crippen LogP contribution in [0.25, 0.3) is 0 Å². The zero-order valence-corrected chi connectivity index (χ0v) is 69.8. The fraction of sp³-hybridized carbons (Fsp3) is 0.953. The van der Waals surface area contributed by atoms with Crippen LogP contribution in [0.3, 0.4) is 0 Å². The summed E-state index contributed by atoms with van der Waals surface area (Å²) in [6, 6.07) is 0. The fourth-order valence-electron chi connectivity index (χ4n) is 13.3. The molecule has 0 aliphatic carbocycles. The third-order valence-corrected chi connectivity index (χ3v) is 22.0. The van der Waals surface area contributed by atoms with Gasteiger partial charge in [-0.1, -0.05) is 413 Å². The molecular weight excluding hydrogens is 1350 g/mol. The van der Waals surface area contributed by atoms with Gasteiger partial charge < -0.3 is 33.8 Å². The third-order valence-electron chi connectivity index (χ3n) is 20.1. The van der Waals surface area contributed by atoms with E-state index in [2.05, 4.69) is 27.7 Å². The lowest BCUT2D eigenvalue weighted by molar-refractivity contribution is -0.161. The van der Waals surface area contributed by atoms with Crippen LogP contribution >= 0.6 is 15.6 Å². The van der Waals surface area contributed by atoms with Crippen LogP contribution in [0, 0.1) is 0 Å². The highest BCUT2D eigenvalue weighted by Gasteiger charge is 2.30. The van der Waals surface area contributed by atoms with E-state index in [0.29, 0.717) is 25.7 Å². The van der Waals surface area contributed by atoms with E-state index < -0.39 is 97.5 Å². The minimum atomic E-state index is -4.96. The standard InChI is InChI=1S/C85H166O17P2/c1-5-9-13-17-21-25-29-33-36-39-40-42-45-48-52-56-60-64-68-72-85(90)102-81(76-96-83(88)70-66-62-58-54-50-46-44-41-37-34-30-26-22-18-14-10-6-2)78-100-104(93,94)98-74-79(86)73-97-103(91,92)99-77-80(75-95-82(87)69-65-61-57-53-49-32-28-24-20-16-12-8-4)101-84(89)71-67-63-59-55-51-47-43-38-35-31-27-23-19-15-11-7-3/h79-81,86H,5-78H2,1-4H3,(H,91,92)(H,93,94)/t79-,80+,81+/m0/s1. The summed E-state index contributed by atoms with van der Waals surface area (Å²) < 4.78 is 68.9. The van der Waals surface area contributed by atoms with Crippen molar-refractivity contribution in [2.45, 2.75) is 483 Å². The Morgan fingerprint density at radius 1 is 0.231 bits per heavy atom. The summed E-state index contributed by atoms with van der Waals surface area (Å²) >= 11 is 0. The Labute approximate surface area is 638 Å². The Kier molecular flexibility index (Phi) is 77.7. The van der Waals surface area contributed by atoms with Gasteiger partial charge in [0.15, 0.2) is 12.2 Å². The van der Waals surface area contributed by atoms with Crippen molar-refractivity contribution in [1.82, 2.24) is 0 Å². The maximum atomic E-state index is 13.1. The first kappa shape index (κ1) is 102. The molecule has 0 aromatic heterocycles. The highest BCUT2D eigenvalue weighted by Crippen LogP contribution is 2.45. The van der Waals surface area contributed by atoms with Gasteiger partial charge in [0.25, 0.3) is 0 Å². The molecule has 2 unspecified atom stereocenters. The zero-order chi connectivity index (χ0) is 76.0. The second-order valence-electron chi connectivity index (χ2n) is 30.6. The van der Waals surface area contributed by atoms with Crippen molar-refractivity contribution in [1.29, 1.82) is 0 Å². The van der Waals surface area contributed by atoms with Crippen LogP contribution in [0.4, 0.5) is 0 Å². The van der Waals surface area contributed by atoms with Gasteiger partial charge in [0.1, 0.15) is 19.3 Å². The number of esters is 4. The van der Waals surface area contributed by atoms with Crippen molar-refractivity contribution in [3.05, 3.63) is 0 Å². The smallest absolute Gasteiger partial charge is 0.462 e. The summed E-state index contributed by atoms with van der Waals surface area (Å²) in [5, 5.41) is 10.7. The topological polar surface area (TPSA) is 237 Å². The van der Waals surface area contributed by atoms with Crippen LogP contribution in [0.5, 0.6) is 0 Å². The van der Waals surface area contributed by atoms with Crippen LogP contribution < -0.4 is 0 Å². The highest BCUT2D eigenvalue weighted by molar-refractivity contribution is 7.47. The molecule has 0 saturated heterocycles. The van der Waals surface area contributed by atoms with Gasteiger partial charge in [-0.3, -0.25) is 37.3 Å². The van der Waals surface area contributed by atoms with E-state index in [0.717, 1.165) is 89.9 Å². The molecular formula is C85H166O17P2. The van der Waals surface area contributed by atoms with Crippen molar-refractivity contribution in [3.8, 4) is 0 Å². The number of hydrogen-bond donors (Lipinski definition) is 3. The number of phosphoric ester groups is 2. The molecule has 618 valence electrons. The summed E-state index contributed by atoms with van der Waals surface area (Å²) in [5.41, 5.74) is 0. The zero-order valence-electron chi connectivity index (χ0n) is 68.0. The molecule has 0 rings (SSSR count). The number of unbranched alkanes of at least 4 members (excludes halogenated alkanes) is 60. The lowest BCUT2D eigenvalue weighted by Crippen LogP contribution is -2.30. The first-order valence-corrected chi connectivity index (χ1v) is 47.3. The fourth-order valence-corrected chi connectivity index (χ4v) is 14.9. The molecule has 5 atom stereocenters. The number of hydrogen-bond acceptors (Lipinski definition) is 15. The maximum absolute atomic E-state index is 13.1. The van der Waals surface area contributed by atoms with Gasteiger partial charge in [-0.05, 0) is 25.7 Å². The molecule has 0 aliphatic heterocycles. The van der Waals surface area contributed by atoms with Gasteiger partial charge in [0.2, 0.25) is 0 Å². The van der Waals surface area contributed by atoms with Gasteiger partial charge in [-0.2, -0.15) is 0 Å². The Hall–Kier alpha value is -1.94.